The summed E-state index contributed by atoms with van der Waals surface area (Å²) in [5, 5.41) is 20.2. The first-order chi connectivity index (χ1) is 8.27. The molecule has 0 saturated carbocycles. The molecule has 82 valence electrons. The summed E-state index contributed by atoms with van der Waals surface area (Å²) in [6, 6.07) is 17.0. The summed E-state index contributed by atoms with van der Waals surface area (Å²) < 4.78 is 5.11. The van der Waals surface area contributed by atoms with Crippen LogP contribution in [0.2, 0.25) is 0 Å². The van der Waals surface area contributed by atoms with Crippen LogP contribution < -0.4 is 0 Å². The summed E-state index contributed by atoms with van der Waals surface area (Å²) in [5.74, 6) is 0. The number of hydrogen-bond acceptors (Lipinski definition) is 3. The van der Waals surface area contributed by atoms with E-state index in [1.54, 1.807) is 6.07 Å². The molecule has 0 unspecified atom stereocenters. The van der Waals surface area contributed by atoms with Gasteiger partial charge in [0.1, 0.15) is 12.1 Å². The van der Waals surface area contributed by atoms with Gasteiger partial charge < -0.3 is 4.74 Å². The summed E-state index contributed by atoms with van der Waals surface area (Å²) in [4.78, 5) is 0. The molecule has 3 nitrogen and oxygen atoms in total. The average molecular weight is 222 g/mol. The van der Waals surface area contributed by atoms with Crippen LogP contribution in [0.25, 0.3) is 10.8 Å². The Morgan fingerprint density at radius 3 is 2.29 bits per heavy atom. The average Bonchev–Trinajstić information content (AvgIpc) is 2.41. The van der Waals surface area contributed by atoms with Crippen LogP contribution in [0.1, 0.15) is 5.56 Å². The molecule has 2 aromatic carbocycles. The van der Waals surface area contributed by atoms with Crippen molar-refractivity contribution in [1.82, 2.24) is 0 Å². The Bertz CT molecular complexity index is 615. The number of fused-ring (bicyclic) bond motifs is 1. The van der Waals surface area contributed by atoms with E-state index in [2.05, 4.69) is 0 Å². The van der Waals surface area contributed by atoms with E-state index < -0.39 is 5.60 Å². The molecule has 0 fully saturated rings. The Hall–Kier alpha value is -2.36. The van der Waals surface area contributed by atoms with Crippen LogP contribution in [0, 0.1) is 22.7 Å². The SMILES string of the molecule is COC(C#N)(C#N)c1cccc2ccccc12. The maximum atomic E-state index is 9.19. The van der Waals surface area contributed by atoms with Crippen LogP contribution in [0.15, 0.2) is 42.5 Å². The van der Waals surface area contributed by atoms with Gasteiger partial charge >= 0.3 is 0 Å². The van der Waals surface area contributed by atoms with Crippen LogP contribution in [-0.2, 0) is 10.3 Å². The molecule has 0 aliphatic heterocycles. The van der Waals surface area contributed by atoms with Crippen LogP contribution >= 0.6 is 0 Å². The number of ether oxygens (including phenoxy) is 1. The number of hydrogen-bond donors (Lipinski definition) is 0. The highest BCUT2D eigenvalue weighted by Crippen LogP contribution is 2.30. The normalized spacial score (nSPS) is 10.8. The van der Waals surface area contributed by atoms with Gasteiger partial charge in [-0.05, 0) is 10.8 Å². The quantitative estimate of drug-likeness (QED) is 0.785. The van der Waals surface area contributed by atoms with Gasteiger partial charge in [0.2, 0.25) is 0 Å². The fourth-order valence-corrected chi connectivity index (χ4v) is 1.88. The van der Waals surface area contributed by atoms with Gasteiger partial charge in [0.05, 0.1) is 0 Å². The number of rotatable bonds is 2. The smallest absolute Gasteiger partial charge is 0.267 e. The topological polar surface area (TPSA) is 56.8 Å². The monoisotopic (exact) mass is 222 g/mol. The molecular weight excluding hydrogens is 212 g/mol. The largest absolute Gasteiger partial charge is 0.348 e. The molecule has 17 heavy (non-hydrogen) atoms. The van der Waals surface area contributed by atoms with Crippen molar-refractivity contribution < 1.29 is 4.74 Å². The number of methoxy groups -OCH3 is 1. The van der Waals surface area contributed by atoms with Gasteiger partial charge in [0.25, 0.3) is 5.60 Å². The van der Waals surface area contributed by atoms with Crippen LogP contribution in [0.4, 0.5) is 0 Å². The Morgan fingerprint density at radius 2 is 1.65 bits per heavy atom. The first kappa shape index (κ1) is 11.1. The second kappa shape index (κ2) is 4.25. The van der Waals surface area contributed by atoms with Crippen LogP contribution in [0.5, 0.6) is 0 Å². The molecule has 0 heterocycles. The van der Waals surface area contributed by atoms with Gasteiger partial charge in [-0.15, -0.1) is 0 Å². The molecule has 0 aromatic heterocycles. The lowest BCUT2D eigenvalue weighted by Gasteiger charge is -2.18. The zero-order valence-corrected chi connectivity index (χ0v) is 9.34. The minimum Gasteiger partial charge on any atom is -0.348 e. The van der Waals surface area contributed by atoms with E-state index in [-0.39, 0.29) is 0 Å². The van der Waals surface area contributed by atoms with E-state index >= 15 is 0 Å². The van der Waals surface area contributed by atoms with Gasteiger partial charge in [0, 0.05) is 12.7 Å². The van der Waals surface area contributed by atoms with Crippen LogP contribution in [-0.4, -0.2) is 7.11 Å². The van der Waals surface area contributed by atoms with Gasteiger partial charge in [0.15, 0.2) is 0 Å². The highest BCUT2D eigenvalue weighted by atomic mass is 16.5. The zero-order chi connectivity index (χ0) is 12.3. The predicted octanol–water partition coefficient (Wildman–Crippen LogP) is 2.73. The van der Waals surface area contributed by atoms with Crippen molar-refractivity contribution in [1.29, 1.82) is 10.5 Å². The molecule has 0 spiro atoms. The van der Waals surface area contributed by atoms with Gasteiger partial charge in [-0.3, -0.25) is 0 Å². The summed E-state index contributed by atoms with van der Waals surface area (Å²) in [5.41, 5.74) is -0.955. The fourth-order valence-electron chi connectivity index (χ4n) is 1.88. The summed E-state index contributed by atoms with van der Waals surface area (Å²) in [6.07, 6.45) is 0. The Morgan fingerprint density at radius 1 is 1.00 bits per heavy atom. The van der Waals surface area contributed by atoms with E-state index in [9.17, 15) is 10.5 Å². The molecule has 0 aliphatic carbocycles. The van der Waals surface area contributed by atoms with Crippen molar-refractivity contribution in [2.45, 2.75) is 5.60 Å². The van der Waals surface area contributed by atoms with Crippen molar-refractivity contribution in [2.75, 3.05) is 7.11 Å². The number of nitriles is 2. The van der Waals surface area contributed by atoms with E-state index in [1.807, 2.05) is 48.5 Å². The molecule has 0 radical (unpaired) electrons. The number of benzene rings is 2. The lowest BCUT2D eigenvalue weighted by atomic mass is 9.91. The third-order valence-corrected chi connectivity index (χ3v) is 2.79. The van der Waals surface area contributed by atoms with Gasteiger partial charge in [-0.2, -0.15) is 10.5 Å². The first-order valence-corrected chi connectivity index (χ1v) is 5.13. The second-order valence-corrected chi connectivity index (χ2v) is 3.64. The molecular formula is C14H10N2O. The molecule has 0 amide bonds. The molecule has 3 heteroatoms. The van der Waals surface area contributed by atoms with Crippen molar-refractivity contribution in [2.24, 2.45) is 0 Å². The molecule has 0 aliphatic rings. The third-order valence-electron chi connectivity index (χ3n) is 2.79. The minimum atomic E-state index is -1.54. The molecule has 0 saturated heterocycles. The summed E-state index contributed by atoms with van der Waals surface area (Å²) >= 11 is 0. The standard InChI is InChI=1S/C14H10N2O/c1-17-14(9-15,10-16)13-8-4-6-11-5-2-3-7-12(11)13/h2-8H,1H3. The Kier molecular flexibility index (Phi) is 2.78. The maximum absolute atomic E-state index is 9.19. The highest BCUT2D eigenvalue weighted by Gasteiger charge is 2.33. The molecule has 2 aromatic rings. The number of nitrogens with zero attached hydrogens (tertiary/aromatic N) is 2. The summed E-state index contributed by atoms with van der Waals surface area (Å²) in [6.45, 7) is 0. The van der Waals surface area contributed by atoms with E-state index in [4.69, 9.17) is 4.74 Å². The fraction of sp³-hybridized carbons (Fsp3) is 0.143. The van der Waals surface area contributed by atoms with Gasteiger partial charge in [-0.1, -0.05) is 42.5 Å². The van der Waals surface area contributed by atoms with Crippen molar-refractivity contribution >= 4 is 10.8 Å². The Balaban J connectivity index is 2.81. The van der Waals surface area contributed by atoms with Crippen molar-refractivity contribution in [3.05, 3.63) is 48.0 Å². The predicted molar refractivity (Wildman–Crippen MR) is 63.9 cm³/mol. The first-order valence-electron chi connectivity index (χ1n) is 5.13. The Labute approximate surface area is 99.5 Å². The molecule has 2 rings (SSSR count). The van der Waals surface area contributed by atoms with Crippen molar-refractivity contribution in [3.63, 3.8) is 0 Å². The zero-order valence-electron chi connectivity index (χ0n) is 9.34. The van der Waals surface area contributed by atoms with E-state index in [0.29, 0.717) is 5.56 Å². The second-order valence-electron chi connectivity index (χ2n) is 3.64. The van der Waals surface area contributed by atoms with E-state index in [1.165, 1.54) is 7.11 Å². The molecule has 0 N–H and O–H groups in total. The minimum absolute atomic E-state index is 0.586. The van der Waals surface area contributed by atoms with Crippen molar-refractivity contribution in [3.8, 4) is 12.1 Å². The lowest BCUT2D eigenvalue weighted by Crippen LogP contribution is -2.24. The van der Waals surface area contributed by atoms with E-state index in [0.717, 1.165) is 10.8 Å². The maximum Gasteiger partial charge on any atom is 0.267 e. The summed E-state index contributed by atoms with van der Waals surface area (Å²) in [7, 11) is 1.37. The molecule has 0 bridgehead atoms. The highest BCUT2D eigenvalue weighted by molar-refractivity contribution is 5.87. The van der Waals surface area contributed by atoms with Gasteiger partial charge in [-0.25, -0.2) is 0 Å². The lowest BCUT2D eigenvalue weighted by molar-refractivity contribution is 0.0872. The van der Waals surface area contributed by atoms with Crippen LogP contribution in [0.3, 0.4) is 0 Å². The third kappa shape index (κ3) is 1.63. The molecule has 0 atom stereocenters.